The summed E-state index contributed by atoms with van der Waals surface area (Å²) >= 11 is 0.406. The van der Waals surface area contributed by atoms with E-state index in [1.165, 1.54) is 24.5 Å². The number of hydrogen-bond acceptors (Lipinski definition) is 9. The molecule has 1 fully saturated rings. The average molecular weight is 516 g/mol. The van der Waals surface area contributed by atoms with Gasteiger partial charge in [-0.3, -0.25) is 4.40 Å². The van der Waals surface area contributed by atoms with Crippen molar-refractivity contribution in [2.45, 2.75) is 13.3 Å². The molecule has 4 aromatic rings. The van der Waals surface area contributed by atoms with E-state index < -0.39 is 17.4 Å². The molecule has 1 aliphatic heterocycles. The number of thiazole rings is 1. The first-order valence-corrected chi connectivity index (χ1v) is 13.3. The molecule has 1 N–H and O–H groups in total. The van der Waals surface area contributed by atoms with Gasteiger partial charge in [0.25, 0.3) is 0 Å². The van der Waals surface area contributed by atoms with Crippen molar-refractivity contribution in [3.8, 4) is 28.4 Å². The van der Waals surface area contributed by atoms with E-state index in [0.717, 1.165) is 42.3 Å². The number of fused-ring (bicyclic) bond motifs is 1. The van der Waals surface area contributed by atoms with E-state index in [4.69, 9.17) is 14.7 Å². The van der Waals surface area contributed by atoms with Crippen molar-refractivity contribution >= 4 is 33.8 Å². The lowest BCUT2D eigenvalue weighted by Crippen LogP contribution is -2.50. The summed E-state index contributed by atoms with van der Waals surface area (Å²) < 4.78 is 37.7. The second kappa shape index (κ2) is 10.5. The van der Waals surface area contributed by atoms with Crippen molar-refractivity contribution in [3.63, 3.8) is 0 Å². The highest BCUT2D eigenvalue weighted by atomic mass is 32.2. The number of rotatable bonds is 8. The summed E-state index contributed by atoms with van der Waals surface area (Å²) in [6, 6.07) is 6.54. The summed E-state index contributed by atoms with van der Waals surface area (Å²) in [6.07, 6.45) is 4.64. The average Bonchev–Trinajstić information content (AvgIpc) is 3.47. The Labute approximate surface area is 210 Å². The Morgan fingerprint density at radius 3 is 2.91 bits per heavy atom. The van der Waals surface area contributed by atoms with Crippen molar-refractivity contribution in [2.75, 3.05) is 45.2 Å². The molecule has 0 aliphatic carbocycles. The smallest absolute Gasteiger partial charge is 0.223 e. The van der Waals surface area contributed by atoms with Crippen LogP contribution in [0.5, 0.6) is 5.75 Å². The van der Waals surface area contributed by atoms with E-state index in [9.17, 15) is 8.94 Å². The van der Waals surface area contributed by atoms with Gasteiger partial charge >= 0.3 is 0 Å². The SMILES string of the molecule is CCN1CCCN(CCNc2nccc(-c3c(-c4ccc(F)c(OC)c4)nc4sccn34)n2)[S+]1[O-]. The van der Waals surface area contributed by atoms with Crippen LogP contribution >= 0.6 is 11.3 Å². The summed E-state index contributed by atoms with van der Waals surface area (Å²) in [5.41, 5.74) is 2.89. The number of methoxy groups -OCH3 is 1. The Morgan fingerprint density at radius 2 is 2.09 bits per heavy atom. The molecule has 1 unspecified atom stereocenters. The third-order valence-corrected chi connectivity index (χ3v) is 8.28. The van der Waals surface area contributed by atoms with Crippen LogP contribution in [0.1, 0.15) is 13.3 Å². The van der Waals surface area contributed by atoms with Crippen molar-refractivity contribution in [2.24, 2.45) is 0 Å². The third-order valence-electron chi connectivity index (χ3n) is 5.84. The van der Waals surface area contributed by atoms with Gasteiger partial charge < -0.3 is 14.6 Å². The Balaban J connectivity index is 1.39. The first-order chi connectivity index (χ1) is 17.1. The Morgan fingerprint density at radius 1 is 1.23 bits per heavy atom. The molecule has 9 nitrogen and oxygen atoms in total. The first-order valence-electron chi connectivity index (χ1n) is 11.4. The Kier molecular flexibility index (Phi) is 7.16. The van der Waals surface area contributed by atoms with E-state index in [0.29, 0.717) is 30.4 Å². The van der Waals surface area contributed by atoms with E-state index in [-0.39, 0.29) is 5.75 Å². The molecular formula is C23H26FN7O2S2. The largest absolute Gasteiger partial charge is 0.578 e. The molecule has 1 atom stereocenters. The minimum atomic E-state index is -1.10. The van der Waals surface area contributed by atoms with Gasteiger partial charge in [0.1, 0.15) is 17.2 Å². The second-order valence-electron chi connectivity index (χ2n) is 7.94. The van der Waals surface area contributed by atoms with E-state index in [2.05, 4.69) is 10.3 Å². The van der Waals surface area contributed by atoms with Crippen LogP contribution in [0, 0.1) is 5.82 Å². The Bertz CT molecular complexity index is 1310. The Hall–Kier alpha value is -2.77. The summed E-state index contributed by atoms with van der Waals surface area (Å²) in [5, 5.41) is 5.22. The van der Waals surface area contributed by atoms with Crippen LogP contribution in [0.3, 0.4) is 0 Å². The van der Waals surface area contributed by atoms with Crippen LogP contribution in [0.4, 0.5) is 10.3 Å². The number of hydrogen-bond donors (Lipinski definition) is 1. The molecule has 35 heavy (non-hydrogen) atoms. The van der Waals surface area contributed by atoms with Crippen molar-refractivity contribution < 1.29 is 13.7 Å². The van der Waals surface area contributed by atoms with E-state index in [1.807, 2.05) is 37.6 Å². The van der Waals surface area contributed by atoms with Crippen molar-refractivity contribution in [1.29, 1.82) is 0 Å². The number of ether oxygens (including phenoxy) is 1. The van der Waals surface area contributed by atoms with Gasteiger partial charge in [0.05, 0.1) is 25.0 Å². The fraction of sp³-hybridized carbons (Fsp3) is 0.348. The number of imidazole rings is 1. The molecule has 5 rings (SSSR count). The zero-order chi connectivity index (χ0) is 24.4. The van der Waals surface area contributed by atoms with Crippen molar-refractivity contribution in [1.82, 2.24) is 28.0 Å². The highest BCUT2D eigenvalue weighted by Crippen LogP contribution is 2.35. The maximum Gasteiger partial charge on any atom is 0.223 e. The maximum atomic E-state index is 14.0. The number of nitrogens with zero attached hydrogens (tertiary/aromatic N) is 6. The molecule has 3 aromatic heterocycles. The number of nitrogens with one attached hydrogen (secondary N) is 1. The van der Waals surface area contributed by atoms with Crippen LogP contribution in [0.25, 0.3) is 27.6 Å². The molecular weight excluding hydrogens is 489 g/mol. The topological polar surface area (TPSA) is 93.9 Å². The lowest BCUT2D eigenvalue weighted by atomic mass is 10.1. The maximum absolute atomic E-state index is 14.0. The van der Waals surface area contributed by atoms with Crippen molar-refractivity contribution in [3.05, 3.63) is 47.9 Å². The lowest BCUT2D eigenvalue weighted by Gasteiger charge is -2.34. The highest BCUT2D eigenvalue weighted by molar-refractivity contribution is 7.86. The van der Waals surface area contributed by atoms with Crippen LogP contribution in [0.15, 0.2) is 42.0 Å². The normalized spacial score (nSPS) is 17.2. The minimum absolute atomic E-state index is 0.159. The number of benzene rings is 1. The van der Waals surface area contributed by atoms with E-state index in [1.54, 1.807) is 18.3 Å². The van der Waals surface area contributed by atoms with Gasteiger partial charge in [0.15, 0.2) is 16.5 Å². The van der Waals surface area contributed by atoms with Crippen LogP contribution in [-0.2, 0) is 11.5 Å². The quantitative estimate of drug-likeness (QED) is 0.355. The summed E-state index contributed by atoms with van der Waals surface area (Å²) in [4.78, 5) is 14.7. The molecule has 0 amide bonds. The molecule has 0 bridgehead atoms. The van der Waals surface area contributed by atoms with Gasteiger partial charge in [-0.2, -0.15) is 0 Å². The van der Waals surface area contributed by atoms with E-state index >= 15 is 0 Å². The zero-order valence-electron chi connectivity index (χ0n) is 19.5. The van der Waals surface area contributed by atoms with Gasteiger partial charge in [0, 0.05) is 49.5 Å². The standard InChI is InChI=1S/C23H26FN7O2S2/c1-3-29-10-4-11-30(35(29)32)12-9-26-22-25-8-7-18(27-22)21-20(28-23-31(21)13-14-34-23)16-5-6-17(24)19(15-16)33-2/h5-8,13-15H,3-4,9-12H2,1-2H3,(H,25,26,27). The molecule has 0 spiro atoms. The van der Waals surface area contributed by atoms with Gasteiger partial charge in [-0.15, -0.1) is 19.9 Å². The molecule has 184 valence electrons. The summed E-state index contributed by atoms with van der Waals surface area (Å²) in [5.74, 6) is 0.209. The predicted octanol–water partition coefficient (Wildman–Crippen LogP) is 3.69. The molecule has 0 radical (unpaired) electrons. The second-order valence-corrected chi connectivity index (χ2v) is 10.3. The molecule has 12 heteroatoms. The summed E-state index contributed by atoms with van der Waals surface area (Å²) in [7, 11) is 1.44. The molecule has 0 saturated carbocycles. The van der Waals surface area contributed by atoms with Gasteiger partial charge in [-0.05, 0) is 37.6 Å². The number of halogens is 1. The fourth-order valence-electron chi connectivity index (χ4n) is 4.11. The molecule has 1 aliphatic rings. The molecule has 1 aromatic carbocycles. The first kappa shape index (κ1) is 23.9. The molecule has 1 saturated heterocycles. The fourth-order valence-corrected chi connectivity index (χ4v) is 6.19. The summed E-state index contributed by atoms with van der Waals surface area (Å²) in [6.45, 7) is 5.65. The van der Waals surface area contributed by atoms with Crippen LogP contribution in [-0.4, -0.2) is 72.3 Å². The van der Waals surface area contributed by atoms with Gasteiger partial charge in [0.2, 0.25) is 5.95 Å². The number of aromatic nitrogens is 4. The predicted molar refractivity (Wildman–Crippen MR) is 136 cm³/mol. The van der Waals surface area contributed by atoms with Crippen LogP contribution < -0.4 is 10.1 Å². The lowest BCUT2D eigenvalue weighted by molar-refractivity contribution is 0.294. The monoisotopic (exact) mass is 515 g/mol. The third kappa shape index (κ3) is 4.84. The number of anilines is 1. The zero-order valence-corrected chi connectivity index (χ0v) is 21.1. The van der Waals surface area contributed by atoms with Gasteiger partial charge in [-0.25, -0.2) is 19.3 Å². The van der Waals surface area contributed by atoms with Crippen LogP contribution in [0.2, 0.25) is 0 Å². The van der Waals surface area contributed by atoms with Gasteiger partial charge in [-0.1, -0.05) is 0 Å². The molecule has 4 heterocycles. The minimum Gasteiger partial charge on any atom is -0.578 e. The highest BCUT2D eigenvalue weighted by Gasteiger charge is 2.31.